The Balaban J connectivity index is 1.79. The Labute approximate surface area is 176 Å². The van der Waals surface area contributed by atoms with E-state index in [4.69, 9.17) is 11.6 Å². The van der Waals surface area contributed by atoms with E-state index in [1.165, 1.54) is 18.2 Å². The molecule has 150 valence electrons. The number of nitrogens with zero attached hydrogens (tertiary/aromatic N) is 3. The molecule has 1 amide bonds. The van der Waals surface area contributed by atoms with E-state index in [2.05, 4.69) is 34.2 Å². The molecule has 3 rings (SSSR count). The number of hydrogen-bond donors (Lipinski definition) is 1. The van der Waals surface area contributed by atoms with E-state index in [1.807, 2.05) is 29.8 Å². The van der Waals surface area contributed by atoms with Gasteiger partial charge in [-0.25, -0.2) is 0 Å². The van der Waals surface area contributed by atoms with Crippen molar-refractivity contribution in [2.75, 3.05) is 5.75 Å². The lowest BCUT2D eigenvalue weighted by Gasteiger charge is -2.24. The number of aromatic nitrogens is 3. The number of halogens is 1. The van der Waals surface area contributed by atoms with E-state index >= 15 is 0 Å². The van der Waals surface area contributed by atoms with Crippen molar-refractivity contribution in [3.05, 3.63) is 53.3 Å². The van der Waals surface area contributed by atoms with Crippen LogP contribution in [0.1, 0.15) is 49.5 Å². The molecule has 0 spiro atoms. The van der Waals surface area contributed by atoms with E-state index in [-0.39, 0.29) is 17.9 Å². The minimum Gasteiger partial charge on any atom is -0.345 e. The van der Waals surface area contributed by atoms with Gasteiger partial charge in [-0.15, -0.1) is 10.2 Å². The molecule has 1 N–H and O–H groups in total. The summed E-state index contributed by atoms with van der Waals surface area (Å²) < 4.78 is 1.94. The molecular formula is C21H27ClN4OS. The van der Waals surface area contributed by atoms with Gasteiger partial charge in [-0.2, -0.15) is 0 Å². The summed E-state index contributed by atoms with van der Waals surface area (Å²) in [6.07, 6.45) is 6.12. The smallest absolute Gasteiger partial charge is 0.223 e. The average molecular weight is 419 g/mol. The van der Waals surface area contributed by atoms with Crippen molar-refractivity contribution in [1.29, 1.82) is 0 Å². The number of benzene rings is 1. The largest absolute Gasteiger partial charge is 0.345 e. The monoisotopic (exact) mass is 418 g/mol. The molecule has 0 bridgehead atoms. The van der Waals surface area contributed by atoms with Crippen molar-refractivity contribution in [1.82, 2.24) is 20.1 Å². The predicted octanol–water partition coefficient (Wildman–Crippen LogP) is 4.64. The fourth-order valence-corrected chi connectivity index (χ4v) is 4.44. The first kappa shape index (κ1) is 20.9. The van der Waals surface area contributed by atoms with Crippen LogP contribution in [0, 0.1) is 5.92 Å². The molecule has 7 heteroatoms. The summed E-state index contributed by atoms with van der Waals surface area (Å²) >= 11 is 7.37. The van der Waals surface area contributed by atoms with Crippen molar-refractivity contribution in [3.8, 4) is 0 Å². The second kappa shape index (κ2) is 10.1. The topological polar surface area (TPSA) is 59.8 Å². The van der Waals surface area contributed by atoms with E-state index in [0.717, 1.165) is 42.2 Å². The zero-order valence-corrected chi connectivity index (χ0v) is 17.8. The maximum absolute atomic E-state index is 12.9. The van der Waals surface area contributed by atoms with Crippen LogP contribution in [0.4, 0.5) is 0 Å². The summed E-state index contributed by atoms with van der Waals surface area (Å²) in [5.74, 6) is 1.57. The predicted molar refractivity (Wildman–Crippen MR) is 114 cm³/mol. The van der Waals surface area contributed by atoms with Crippen molar-refractivity contribution in [2.45, 2.75) is 49.7 Å². The van der Waals surface area contributed by atoms with Crippen LogP contribution in [0.15, 0.2) is 47.1 Å². The van der Waals surface area contributed by atoms with Gasteiger partial charge in [0.25, 0.3) is 0 Å². The average Bonchev–Trinajstić information content (AvgIpc) is 3.07. The van der Waals surface area contributed by atoms with Crippen LogP contribution in [0.25, 0.3) is 0 Å². The van der Waals surface area contributed by atoms with E-state index < -0.39 is 0 Å². The molecule has 0 saturated heterocycles. The van der Waals surface area contributed by atoms with Gasteiger partial charge in [0.1, 0.15) is 0 Å². The lowest BCUT2D eigenvalue weighted by Crippen LogP contribution is -2.37. The first-order valence-electron chi connectivity index (χ1n) is 9.74. The van der Waals surface area contributed by atoms with Gasteiger partial charge in [0.15, 0.2) is 11.0 Å². The van der Waals surface area contributed by atoms with Crippen LogP contribution in [0.3, 0.4) is 0 Å². The third kappa shape index (κ3) is 5.61. The highest BCUT2D eigenvalue weighted by Gasteiger charge is 2.27. The first-order chi connectivity index (χ1) is 13.5. The van der Waals surface area contributed by atoms with Gasteiger partial charge in [0, 0.05) is 23.8 Å². The molecule has 1 fully saturated rings. The van der Waals surface area contributed by atoms with E-state index in [1.54, 1.807) is 0 Å². The number of carbonyl (C=O) groups is 1. The van der Waals surface area contributed by atoms with Gasteiger partial charge in [-0.1, -0.05) is 79.5 Å². The number of rotatable bonds is 8. The highest BCUT2D eigenvalue weighted by Crippen LogP contribution is 2.27. The molecule has 2 aromatic rings. The second-order valence-electron chi connectivity index (χ2n) is 7.29. The second-order valence-corrected chi connectivity index (χ2v) is 8.77. The Kier molecular flexibility index (Phi) is 7.57. The van der Waals surface area contributed by atoms with Gasteiger partial charge in [-0.3, -0.25) is 4.79 Å². The molecule has 1 aromatic carbocycles. The van der Waals surface area contributed by atoms with Crippen LogP contribution in [-0.2, 0) is 18.3 Å². The number of hydrogen-bond acceptors (Lipinski definition) is 4. The van der Waals surface area contributed by atoms with E-state index in [0.29, 0.717) is 17.2 Å². The Morgan fingerprint density at radius 1 is 1.29 bits per heavy atom. The summed E-state index contributed by atoms with van der Waals surface area (Å²) in [4.78, 5) is 12.9. The van der Waals surface area contributed by atoms with Gasteiger partial charge >= 0.3 is 0 Å². The molecular weight excluding hydrogens is 392 g/mol. The third-order valence-corrected chi connectivity index (χ3v) is 6.51. The maximum atomic E-state index is 12.9. The minimum absolute atomic E-state index is 0.105. The fourth-order valence-electron chi connectivity index (χ4n) is 3.61. The zero-order valence-electron chi connectivity index (χ0n) is 16.2. The Hall–Kier alpha value is -1.79. The normalized spacial score (nSPS) is 15.9. The third-order valence-electron chi connectivity index (χ3n) is 5.11. The van der Waals surface area contributed by atoms with Gasteiger partial charge in [0.2, 0.25) is 5.91 Å². The quantitative estimate of drug-likeness (QED) is 0.634. The number of thioether (sulfide) groups is 1. The highest BCUT2D eigenvalue weighted by molar-refractivity contribution is 7.99. The fraction of sp³-hybridized carbons (Fsp3) is 0.476. The number of carbonyl (C=O) groups excluding carboxylic acids is 1. The molecule has 1 aliphatic carbocycles. The minimum atomic E-state index is -0.220. The van der Waals surface area contributed by atoms with Crippen LogP contribution in [0.5, 0.6) is 0 Å². The molecule has 0 aliphatic heterocycles. The zero-order chi connectivity index (χ0) is 19.9. The summed E-state index contributed by atoms with van der Waals surface area (Å²) in [6.45, 7) is 3.72. The molecule has 1 unspecified atom stereocenters. The number of nitrogens with one attached hydrogen (secondary N) is 1. The molecule has 5 nitrogen and oxygen atoms in total. The Morgan fingerprint density at radius 3 is 2.68 bits per heavy atom. The molecule has 1 aliphatic rings. The van der Waals surface area contributed by atoms with Crippen molar-refractivity contribution in [3.63, 3.8) is 0 Å². The number of amides is 1. The van der Waals surface area contributed by atoms with Gasteiger partial charge in [-0.05, 0) is 24.8 Å². The van der Waals surface area contributed by atoms with Crippen molar-refractivity contribution >= 4 is 29.3 Å². The summed E-state index contributed by atoms with van der Waals surface area (Å²) in [5.41, 5.74) is 1.16. The summed E-state index contributed by atoms with van der Waals surface area (Å²) in [5, 5.41) is 13.3. The standard InChI is InChI=1S/C21H27ClN4OS/c1-15(22)14-28-21-25-24-19(26(21)2)18(13-16-9-5-3-6-10-16)23-20(27)17-11-7-4-8-12-17/h3,5-6,9-10,17-18H,1,4,7-8,11-14H2,2H3,(H,23,27). The maximum Gasteiger partial charge on any atom is 0.223 e. The van der Waals surface area contributed by atoms with Gasteiger partial charge < -0.3 is 9.88 Å². The lowest BCUT2D eigenvalue weighted by atomic mass is 9.88. The molecule has 28 heavy (non-hydrogen) atoms. The van der Waals surface area contributed by atoms with Crippen molar-refractivity contribution in [2.24, 2.45) is 13.0 Å². The lowest BCUT2D eigenvalue weighted by molar-refractivity contribution is -0.126. The van der Waals surface area contributed by atoms with Crippen molar-refractivity contribution < 1.29 is 4.79 Å². The summed E-state index contributed by atoms with van der Waals surface area (Å²) in [6, 6.07) is 9.95. The Morgan fingerprint density at radius 2 is 2.00 bits per heavy atom. The molecule has 1 heterocycles. The van der Waals surface area contributed by atoms with Crippen LogP contribution >= 0.6 is 23.4 Å². The Bertz CT molecular complexity index is 802. The SMILES string of the molecule is C=C(Cl)CSc1nnc(C(Cc2ccccc2)NC(=O)C2CCCCC2)n1C. The first-order valence-corrected chi connectivity index (χ1v) is 11.1. The molecule has 1 saturated carbocycles. The highest BCUT2D eigenvalue weighted by atomic mass is 35.5. The van der Waals surface area contributed by atoms with Crippen LogP contribution in [-0.4, -0.2) is 26.4 Å². The van der Waals surface area contributed by atoms with Gasteiger partial charge in [0.05, 0.1) is 6.04 Å². The molecule has 1 atom stereocenters. The summed E-state index contributed by atoms with van der Waals surface area (Å²) in [7, 11) is 1.93. The molecule has 1 aromatic heterocycles. The molecule has 0 radical (unpaired) electrons. The van der Waals surface area contributed by atoms with Crippen LogP contribution < -0.4 is 5.32 Å². The van der Waals surface area contributed by atoms with E-state index in [9.17, 15) is 4.79 Å². The van der Waals surface area contributed by atoms with Crippen LogP contribution in [0.2, 0.25) is 0 Å².